The van der Waals surface area contributed by atoms with Crippen LogP contribution in [0.4, 0.5) is 0 Å². The Morgan fingerprint density at radius 2 is 1.42 bits per heavy atom. The zero-order valence-corrected chi connectivity index (χ0v) is 4.26. The smallest absolute Gasteiger partial charge is 0.0372 e. The molecule has 1 aromatic heterocycles. The second-order valence-electron chi connectivity index (χ2n) is 1.47. The van der Waals surface area contributed by atoms with Crippen LogP contribution < -0.4 is 0 Å². The topological polar surface area (TPSA) is 12.9 Å². The molecule has 0 aromatic carbocycles. The van der Waals surface area contributed by atoms with Crippen molar-refractivity contribution in [3.8, 4) is 0 Å². The van der Waals surface area contributed by atoms with Crippen LogP contribution in [0.25, 0.3) is 0 Å². The fourth-order valence-electron chi connectivity index (χ4n) is 0.448. The van der Waals surface area contributed by atoms with Crippen LogP contribution >= 0.6 is 0 Å². The second kappa shape index (κ2) is 16.6. The molecule has 1 heterocycles. The first kappa shape index (κ1) is 30.4. The number of aryl methyl sites for hydroxylation is 1. The molecule has 0 N–H and O–H groups in total. The van der Waals surface area contributed by atoms with Gasteiger partial charge in [-0.3, -0.25) is 4.98 Å². The molecule has 0 unspecified atom stereocenters. The second-order valence-corrected chi connectivity index (χ2v) is 1.47. The molecule has 0 aliphatic heterocycles. The lowest BCUT2D eigenvalue weighted by Crippen LogP contribution is -1.72. The summed E-state index contributed by atoms with van der Waals surface area (Å²) in [7, 11) is 0. The van der Waals surface area contributed by atoms with E-state index >= 15 is 0 Å². The van der Waals surface area contributed by atoms with Crippen molar-refractivity contribution in [2.24, 2.45) is 0 Å². The Hall–Kier alpha value is -0.850. The quantitative estimate of drug-likeness (QED) is 0.560. The van der Waals surface area contributed by atoms with Gasteiger partial charge in [0.1, 0.15) is 0 Å². The number of hydrogen-bond acceptors (Lipinski definition) is 1. The predicted molar refractivity (Wildman–Crippen MR) is 62.6 cm³/mol. The highest BCUT2D eigenvalue weighted by Gasteiger charge is 1.73. The summed E-state index contributed by atoms with van der Waals surface area (Å²) in [5, 5.41) is 0. The van der Waals surface area contributed by atoms with Crippen molar-refractivity contribution < 1.29 is 0 Å². The van der Waals surface area contributed by atoms with Crippen molar-refractivity contribution in [3.63, 3.8) is 0 Å². The molecule has 76 valence electrons. The number of pyridine rings is 1. The number of nitrogens with zero attached hydrogens (tertiary/aromatic N) is 1. The van der Waals surface area contributed by atoms with Gasteiger partial charge in [0.05, 0.1) is 0 Å². The Morgan fingerprint density at radius 1 is 0.917 bits per heavy atom. The minimum Gasteiger partial charge on any atom is -0.262 e. The third-order valence-electron chi connectivity index (χ3n) is 0.813. The molecule has 12 heavy (non-hydrogen) atoms. The van der Waals surface area contributed by atoms with E-state index in [9.17, 15) is 0 Å². The third kappa shape index (κ3) is 11.9. The van der Waals surface area contributed by atoms with Crippen LogP contribution in [-0.4, -0.2) is 4.98 Å². The molecule has 0 saturated carbocycles. The van der Waals surface area contributed by atoms with Gasteiger partial charge < -0.3 is 0 Å². The fraction of sp³-hybridized carbons (Fsp3) is 0.545. The van der Waals surface area contributed by atoms with E-state index in [1.54, 1.807) is 6.20 Å². The van der Waals surface area contributed by atoms with Crippen molar-refractivity contribution in [2.75, 3.05) is 0 Å². The maximum absolute atomic E-state index is 3.98. The summed E-state index contributed by atoms with van der Waals surface area (Å²) in [4.78, 5) is 3.98. The SMILES string of the molecule is C.C.C.C.C.Cc1ccccn1. The highest BCUT2D eigenvalue weighted by Crippen LogP contribution is 1.85. The maximum Gasteiger partial charge on any atom is 0.0372 e. The van der Waals surface area contributed by atoms with E-state index in [1.807, 2.05) is 25.1 Å². The molecular weight excluding hydrogens is 146 g/mol. The van der Waals surface area contributed by atoms with E-state index < -0.39 is 0 Å². The minimum atomic E-state index is 0. The molecule has 1 heteroatoms. The van der Waals surface area contributed by atoms with Crippen LogP contribution in [0.3, 0.4) is 0 Å². The van der Waals surface area contributed by atoms with E-state index in [0.29, 0.717) is 0 Å². The van der Waals surface area contributed by atoms with Crippen molar-refractivity contribution in [2.45, 2.75) is 44.1 Å². The number of rotatable bonds is 0. The van der Waals surface area contributed by atoms with Crippen LogP contribution in [0.1, 0.15) is 42.8 Å². The molecular formula is C11H27N. The van der Waals surface area contributed by atoms with E-state index in [2.05, 4.69) is 4.98 Å². The van der Waals surface area contributed by atoms with Gasteiger partial charge in [0.15, 0.2) is 0 Å². The lowest BCUT2D eigenvalue weighted by Gasteiger charge is -1.82. The van der Waals surface area contributed by atoms with Gasteiger partial charge in [-0.05, 0) is 19.1 Å². The van der Waals surface area contributed by atoms with Gasteiger partial charge in [0, 0.05) is 11.9 Å². The Balaban J connectivity index is -0.0000000327. The zero-order valence-electron chi connectivity index (χ0n) is 4.26. The lowest BCUT2D eigenvalue weighted by atomic mass is 10.4. The summed E-state index contributed by atoms with van der Waals surface area (Å²) in [6.45, 7) is 1.97. The monoisotopic (exact) mass is 173 g/mol. The predicted octanol–water partition coefficient (Wildman–Crippen LogP) is 4.57. The molecule has 0 atom stereocenters. The molecule has 0 fully saturated rings. The highest BCUT2D eigenvalue weighted by atomic mass is 14.6. The maximum atomic E-state index is 3.98. The molecule has 1 nitrogen and oxygen atoms in total. The average molecular weight is 173 g/mol. The van der Waals surface area contributed by atoms with Gasteiger partial charge in [0.25, 0.3) is 0 Å². The first-order chi connectivity index (χ1) is 3.39. The van der Waals surface area contributed by atoms with Gasteiger partial charge in [-0.25, -0.2) is 0 Å². The van der Waals surface area contributed by atoms with Gasteiger partial charge in [-0.1, -0.05) is 43.2 Å². The van der Waals surface area contributed by atoms with E-state index in [-0.39, 0.29) is 37.1 Å². The molecule has 0 saturated heterocycles. The van der Waals surface area contributed by atoms with E-state index in [0.717, 1.165) is 5.69 Å². The van der Waals surface area contributed by atoms with Crippen molar-refractivity contribution in [3.05, 3.63) is 30.1 Å². The molecule has 1 rings (SSSR count). The minimum absolute atomic E-state index is 0. The summed E-state index contributed by atoms with van der Waals surface area (Å²) in [6.07, 6.45) is 1.79. The van der Waals surface area contributed by atoms with Crippen LogP contribution in [0.2, 0.25) is 0 Å². The molecule has 0 radical (unpaired) electrons. The van der Waals surface area contributed by atoms with Crippen LogP contribution in [0, 0.1) is 6.92 Å². The first-order valence-corrected chi connectivity index (χ1v) is 2.27. The third-order valence-corrected chi connectivity index (χ3v) is 0.813. The van der Waals surface area contributed by atoms with E-state index in [1.165, 1.54) is 0 Å². The highest BCUT2D eigenvalue weighted by molar-refractivity contribution is 4.99. The average Bonchev–Trinajstić information content (AvgIpc) is 1.69. The van der Waals surface area contributed by atoms with Gasteiger partial charge >= 0.3 is 0 Å². The Kier molecular flexibility index (Phi) is 42.1. The fourth-order valence-corrected chi connectivity index (χ4v) is 0.448. The summed E-state index contributed by atoms with van der Waals surface area (Å²) in [5.74, 6) is 0. The zero-order chi connectivity index (χ0) is 5.11. The van der Waals surface area contributed by atoms with Crippen molar-refractivity contribution in [1.82, 2.24) is 4.98 Å². The lowest BCUT2D eigenvalue weighted by molar-refractivity contribution is 1.20. The van der Waals surface area contributed by atoms with Gasteiger partial charge in [-0.2, -0.15) is 0 Å². The van der Waals surface area contributed by atoms with Gasteiger partial charge in [0.2, 0.25) is 0 Å². The van der Waals surface area contributed by atoms with E-state index in [4.69, 9.17) is 0 Å². The molecule has 0 aliphatic rings. The largest absolute Gasteiger partial charge is 0.262 e. The molecule has 0 aliphatic carbocycles. The summed E-state index contributed by atoms with van der Waals surface area (Å²) < 4.78 is 0. The van der Waals surface area contributed by atoms with Crippen molar-refractivity contribution >= 4 is 0 Å². The first-order valence-electron chi connectivity index (χ1n) is 2.27. The Morgan fingerprint density at radius 3 is 1.58 bits per heavy atom. The van der Waals surface area contributed by atoms with Crippen LogP contribution in [-0.2, 0) is 0 Å². The molecule has 1 aromatic rings. The van der Waals surface area contributed by atoms with Crippen molar-refractivity contribution in [1.29, 1.82) is 0 Å². The van der Waals surface area contributed by atoms with Crippen LogP contribution in [0.5, 0.6) is 0 Å². The summed E-state index contributed by atoms with van der Waals surface area (Å²) in [6, 6.07) is 5.86. The van der Waals surface area contributed by atoms with Gasteiger partial charge in [-0.15, -0.1) is 0 Å². The molecule has 0 spiro atoms. The standard InChI is InChI=1S/C6H7N.5CH4/c1-6-4-2-3-5-7-6;;;;;/h2-5H,1H3;5*1H4. The molecule has 0 amide bonds. The number of hydrogen-bond donors (Lipinski definition) is 0. The Labute approximate surface area is 79.9 Å². The number of aromatic nitrogens is 1. The molecule has 0 bridgehead atoms. The summed E-state index contributed by atoms with van der Waals surface area (Å²) >= 11 is 0. The Bertz CT molecular complexity index is 135. The summed E-state index contributed by atoms with van der Waals surface area (Å²) in [5.41, 5.74) is 1.07. The normalized spacial score (nSPS) is 5.08. The van der Waals surface area contributed by atoms with Crippen LogP contribution in [0.15, 0.2) is 24.4 Å².